The summed E-state index contributed by atoms with van der Waals surface area (Å²) in [5.74, 6) is 1.23. The van der Waals surface area contributed by atoms with Gasteiger partial charge in [0.25, 0.3) is 0 Å². The van der Waals surface area contributed by atoms with Crippen molar-refractivity contribution in [2.24, 2.45) is 17.8 Å². The molecule has 0 amide bonds. The van der Waals surface area contributed by atoms with Crippen LogP contribution >= 0.6 is 0 Å². The van der Waals surface area contributed by atoms with E-state index in [1.54, 1.807) is 0 Å². The van der Waals surface area contributed by atoms with Gasteiger partial charge in [-0.2, -0.15) is 0 Å². The van der Waals surface area contributed by atoms with Crippen molar-refractivity contribution in [3.63, 3.8) is 0 Å². The number of hydrogen-bond donors (Lipinski definition) is 1. The molecule has 0 heterocycles. The lowest BCUT2D eigenvalue weighted by Crippen LogP contribution is -2.37. The molecule has 0 aromatic rings. The van der Waals surface area contributed by atoms with Crippen molar-refractivity contribution in [1.29, 1.82) is 0 Å². The Hall–Kier alpha value is -0.370. The molecule has 2 rings (SSSR count). The number of carbonyl (C=O) groups excluding carboxylic acids is 1. The molecule has 2 fully saturated rings. The van der Waals surface area contributed by atoms with Crippen molar-refractivity contribution < 1.29 is 9.90 Å². The molecule has 2 aliphatic rings. The maximum atomic E-state index is 12.3. The molecule has 1 N–H and O–H groups in total. The Morgan fingerprint density at radius 3 is 2.41 bits per heavy atom. The molecule has 2 aliphatic carbocycles. The highest BCUT2D eigenvalue weighted by Gasteiger charge is 2.33. The maximum Gasteiger partial charge on any atom is 0.164 e. The summed E-state index contributed by atoms with van der Waals surface area (Å²) in [7, 11) is 0. The van der Waals surface area contributed by atoms with Crippen LogP contribution in [0.25, 0.3) is 0 Å². The Morgan fingerprint density at radius 2 is 1.76 bits per heavy atom. The van der Waals surface area contributed by atoms with E-state index in [1.807, 2.05) is 0 Å². The van der Waals surface area contributed by atoms with Crippen molar-refractivity contribution >= 4 is 5.78 Å². The zero-order valence-corrected chi connectivity index (χ0v) is 11.0. The van der Waals surface area contributed by atoms with Crippen LogP contribution in [0, 0.1) is 17.8 Å². The summed E-state index contributed by atoms with van der Waals surface area (Å²) in [6, 6.07) is 0. The number of aliphatic hydroxyl groups excluding tert-OH is 1. The Labute approximate surface area is 105 Å². The van der Waals surface area contributed by atoms with Crippen LogP contribution < -0.4 is 0 Å². The third-order valence-corrected chi connectivity index (χ3v) is 4.73. The third-order valence-electron chi connectivity index (χ3n) is 4.73. The van der Waals surface area contributed by atoms with Gasteiger partial charge >= 0.3 is 0 Å². The van der Waals surface area contributed by atoms with Gasteiger partial charge in [-0.15, -0.1) is 0 Å². The summed E-state index contributed by atoms with van der Waals surface area (Å²) in [6.07, 6.45) is 9.52. The van der Waals surface area contributed by atoms with Crippen LogP contribution in [-0.4, -0.2) is 17.0 Å². The number of hydrogen-bond acceptors (Lipinski definition) is 2. The highest BCUT2D eigenvalue weighted by atomic mass is 16.3. The molecule has 0 aromatic heterocycles. The largest absolute Gasteiger partial charge is 0.385 e. The summed E-state index contributed by atoms with van der Waals surface area (Å²) >= 11 is 0. The summed E-state index contributed by atoms with van der Waals surface area (Å²) in [5, 5.41) is 10.2. The average molecular weight is 238 g/mol. The minimum absolute atomic E-state index is 0.149. The van der Waals surface area contributed by atoms with E-state index < -0.39 is 6.10 Å². The maximum absolute atomic E-state index is 12.3. The second-order valence-electron chi connectivity index (χ2n) is 6.21. The molecule has 2 heteroatoms. The Morgan fingerprint density at radius 1 is 1.06 bits per heavy atom. The minimum atomic E-state index is -0.661. The molecule has 17 heavy (non-hydrogen) atoms. The fourth-order valence-corrected chi connectivity index (χ4v) is 3.62. The number of aliphatic hydroxyl groups is 1. The quantitative estimate of drug-likeness (QED) is 0.819. The fourth-order valence-electron chi connectivity index (χ4n) is 3.62. The van der Waals surface area contributed by atoms with Gasteiger partial charge in [0.05, 0.1) is 0 Å². The molecule has 0 aromatic carbocycles. The normalized spacial score (nSPS) is 33.3. The lowest BCUT2D eigenvalue weighted by atomic mass is 9.75. The number of ketones is 1. The first-order chi connectivity index (χ1) is 8.18. The van der Waals surface area contributed by atoms with Gasteiger partial charge in [0.2, 0.25) is 0 Å². The molecule has 0 radical (unpaired) electrons. The molecule has 3 unspecified atom stereocenters. The van der Waals surface area contributed by atoms with Crippen molar-refractivity contribution in [3.05, 3.63) is 0 Å². The van der Waals surface area contributed by atoms with Crippen molar-refractivity contribution in [1.82, 2.24) is 0 Å². The fraction of sp³-hybridized carbons (Fsp3) is 0.933. The van der Waals surface area contributed by atoms with Crippen LogP contribution in [0.4, 0.5) is 0 Å². The first kappa shape index (κ1) is 13.1. The van der Waals surface area contributed by atoms with E-state index in [0.717, 1.165) is 32.1 Å². The van der Waals surface area contributed by atoms with Gasteiger partial charge in [-0.1, -0.05) is 39.0 Å². The molecule has 2 saturated carbocycles. The Bertz CT molecular complexity index is 256. The van der Waals surface area contributed by atoms with Crippen LogP contribution in [0.1, 0.15) is 64.7 Å². The van der Waals surface area contributed by atoms with E-state index >= 15 is 0 Å². The zero-order chi connectivity index (χ0) is 12.3. The van der Waals surface area contributed by atoms with Crippen LogP contribution in [0.5, 0.6) is 0 Å². The molecule has 98 valence electrons. The van der Waals surface area contributed by atoms with Gasteiger partial charge in [-0.3, -0.25) is 4.79 Å². The number of carbonyl (C=O) groups is 1. The highest BCUT2D eigenvalue weighted by molar-refractivity contribution is 5.85. The zero-order valence-electron chi connectivity index (χ0n) is 11.0. The summed E-state index contributed by atoms with van der Waals surface area (Å²) < 4.78 is 0. The minimum Gasteiger partial charge on any atom is -0.385 e. The lowest BCUT2D eigenvalue weighted by Gasteiger charge is -2.31. The van der Waals surface area contributed by atoms with E-state index in [9.17, 15) is 9.90 Å². The van der Waals surface area contributed by atoms with E-state index in [0.29, 0.717) is 5.92 Å². The average Bonchev–Trinajstić information content (AvgIpc) is 2.38. The highest BCUT2D eigenvalue weighted by Crippen LogP contribution is 2.33. The molecule has 2 nitrogen and oxygen atoms in total. The first-order valence-corrected chi connectivity index (χ1v) is 7.40. The second-order valence-corrected chi connectivity index (χ2v) is 6.21. The molecular formula is C15H26O2. The van der Waals surface area contributed by atoms with E-state index in [-0.39, 0.29) is 17.6 Å². The van der Waals surface area contributed by atoms with Gasteiger partial charge in [-0.05, 0) is 37.5 Å². The van der Waals surface area contributed by atoms with Gasteiger partial charge in [0.15, 0.2) is 5.78 Å². The van der Waals surface area contributed by atoms with Crippen molar-refractivity contribution in [2.45, 2.75) is 70.8 Å². The monoisotopic (exact) mass is 238 g/mol. The predicted octanol–water partition coefficient (Wildman–Crippen LogP) is 3.32. The lowest BCUT2D eigenvalue weighted by molar-refractivity contribution is -0.136. The van der Waals surface area contributed by atoms with Crippen LogP contribution in [0.15, 0.2) is 0 Å². The van der Waals surface area contributed by atoms with Gasteiger partial charge < -0.3 is 5.11 Å². The molecular weight excluding hydrogens is 212 g/mol. The van der Waals surface area contributed by atoms with Crippen molar-refractivity contribution in [2.75, 3.05) is 0 Å². The topological polar surface area (TPSA) is 37.3 Å². The summed E-state index contributed by atoms with van der Waals surface area (Å²) in [5.41, 5.74) is 0. The van der Waals surface area contributed by atoms with Crippen LogP contribution in [0.3, 0.4) is 0 Å². The smallest absolute Gasteiger partial charge is 0.164 e. The van der Waals surface area contributed by atoms with E-state index in [1.165, 1.54) is 25.7 Å². The van der Waals surface area contributed by atoms with E-state index in [2.05, 4.69) is 6.92 Å². The third kappa shape index (κ3) is 3.31. The molecule has 0 spiro atoms. The number of rotatable bonds is 3. The van der Waals surface area contributed by atoms with Gasteiger partial charge in [-0.25, -0.2) is 0 Å². The van der Waals surface area contributed by atoms with Crippen molar-refractivity contribution in [3.8, 4) is 0 Å². The molecule has 3 atom stereocenters. The second kappa shape index (κ2) is 5.99. The molecule has 0 bridgehead atoms. The number of Topliss-reactive ketones (excluding diaryl/α,β-unsaturated/α-hetero) is 1. The first-order valence-electron chi connectivity index (χ1n) is 7.40. The van der Waals surface area contributed by atoms with Crippen LogP contribution in [-0.2, 0) is 4.79 Å². The van der Waals surface area contributed by atoms with Crippen LogP contribution in [0.2, 0.25) is 0 Å². The SMILES string of the molecule is CC1CCCC(C(=O)C(O)C2CCCCC2)C1. The Balaban J connectivity index is 1.89. The molecule has 0 aliphatic heterocycles. The summed E-state index contributed by atoms with van der Waals surface area (Å²) in [6.45, 7) is 2.23. The molecule has 0 saturated heterocycles. The Kier molecular flexibility index (Phi) is 4.61. The predicted molar refractivity (Wildman–Crippen MR) is 68.7 cm³/mol. The van der Waals surface area contributed by atoms with Gasteiger partial charge in [0, 0.05) is 5.92 Å². The van der Waals surface area contributed by atoms with Gasteiger partial charge in [0.1, 0.15) is 6.10 Å². The van der Waals surface area contributed by atoms with E-state index in [4.69, 9.17) is 0 Å². The standard InChI is InChI=1S/C15H26O2/c1-11-6-5-9-13(10-11)15(17)14(16)12-7-3-2-4-8-12/h11-14,16H,2-10H2,1H3. The summed E-state index contributed by atoms with van der Waals surface area (Å²) in [4.78, 5) is 12.3.